The maximum atomic E-state index is 12.9. The molecule has 0 unspecified atom stereocenters. The zero-order chi connectivity index (χ0) is 12.3. The van der Waals surface area contributed by atoms with Crippen LogP contribution in [-0.4, -0.2) is 25.0 Å². The minimum Gasteiger partial charge on any atom is -0.258 e. The van der Waals surface area contributed by atoms with E-state index in [1.807, 2.05) is 0 Å². The molecule has 0 bridgehead atoms. The monoisotopic (exact) mass is 267 g/mol. The molecular weight excluding hydrogens is 261 g/mol. The lowest BCUT2D eigenvalue weighted by atomic mass is 10.3. The summed E-state index contributed by atoms with van der Waals surface area (Å²) in [7, 11) is -3.92. The van der Waals surface area contributed by atoms with Crippen LogP contribution in [0.5, 0.6) is 0 Å². The van der Waals surface area contributed by atoms with Crippen molar-refractivity contribution in [3.8, 4) is 0 Å². The predicted molar refractivity (Wildman–Crippen MR) is 55.8 cm³/mol. The smallest absolute Gasteiger partial charge is 0.258 e. The fourth-order valence-corrected chi connectivity index (χ4v) is 2.89. The van der Waals surface area contributed by atoms with Crippen molar-refractivity contribution in [2.45, 2.75) is 4.90 Å². The second kappa shape index (κ2) is 4.75. The summed E-state index contributed by atoms with van der Waals surface area (Å²) in [6.07, 6.45) is 0. The van der Waals surface area contributed by atoms with Gasteiger partial charge in [-0.1, -0.05) is 0 Å². The zero-order valence-corrected chi connectivity index (χ0v) is 9.46. The van der Waals surface area contributed by atoms with Gasteiger partial charge in [-0.15, -0.1) is 11.6 Å². The molecule has 0 aliphatic rings. The normalized spacial score (nSPS) is 11.4. The van der Waals surface area contributed by atoms with Gasteiger partial charge < -0.3 is 0 Å². The van der Waals surface area contributed by atoms with Gasteiger partial charge in [-0.25, -0.2) is 12.8 Å². The van der Waals surface area contributed by atoms with Crippen molar-refractivity contribution in [2.24, 2.45) is 0 Å². The Morgan fingerprint density at radius 3 is 2.56 bits per heavy atom. The van der Waals surface area contributed by atoms with Crippen LogP contribution in [0, 0.1) is 15.9 Å². The molecule has 1 aromatic rings. The van der Waals surface area contributed by atoms with Crippen LogP contribution in [0.4, 0.5) is 10.1 Å². The quantitative estimate of drug-likeness (QED) is 0.473. The molecule has 1 aromatic carbocycles. The van der Waals surface area contributed by atoms with Gasteiger partial charge in [0.2, 0.25) is 0 Å². The van der Waals surface area contributed by atoms with Gasteiger partial charge >= 0.3 is 0 Å². The number of rotatable bonds is 4. The number of nitro groups is 1. The van der Waals surface area contributed by atoms with E-state index in [1.165, 1.54) is 0 Å². The average Bonchev–Trinajstić information content (AvgIpc) is 2.17. The summed E-state index contributed by atoms with van der Waals surface area (Å²) in [5.41, 5.74) is -0.647. The maximum absolute atomic E-state index is 12.9. The molecule has 1 rings (SSSR count). The molecule has 0 spiro atoms. The third-order valence-corrected chi connectivity index (χ3v) is 3.95. The summed E-state index contributed by atoms with van der Waals surface area (Å²) in [6, 6.07) is 2.27. The molecule has 88 valence electrons. The van der Waals surface area contributed by atoms with Crippen LogP contribution in [0.2, 0.25) is 0 Å². The summed E-state index contributed by atoms with van der Waals surface area (Å²) >= 11 is 5.26. The van der Waals surface area contributed by atoms with E-state index in [-0.39, 0.29) is 5.88 Å². The lowest BCUT2D eigenvalue weighted by molar-refractivity contribution is -0.387. The number of hydrogen-bond donors (Lipinski definition) is 0. The topological polar surface area (TPSA) is 77.3 Å². The van der Waals surface area contributed by atoms with E-state index < -0.39 is 36.9 Å². The standard InChI is InChI=1S/C8H7ClFNO4S/c9-3-4-16(14,15)8-5-6(10)1-2-7(8)11(12)13/h1-2,5H,3-4H2. The van der Waals surface area contributed by atoms with Gasteiger partial charge in [0.1, 0.15) is 10.7 Å². The molecule has 0 saturated heterocycles. The highest BCUT2D eigenvalue weighted by atomic mass is 35.5. The Labute approximate surface area is 95.9 Å². The Balaban J connectivity index is 3.42. The molecule has 16 heavy (non-hydrogen) atoms. The Morgan fingerprint density at radius 1 is 1.44 bits per heavy atom. The van der Waals surface area contributed by atoms with Crippen LogP contribution in [-0.2, 0) is 9.84 Å². The van der Waals surface area contributed by atoms with Crippen molar-refractivity contribution in [1.82, 2.24) is 0 Å². The van der Waals surface area contributed by atoms with Crippen LogP contribution >= 0.6 is 11.6 Å². The van der Waals surface area contributed by atoms with Crippen molar-refractivity contribution in [1.29, 1.82) is 0 Å². The van der Waals surface area contributed by atoms with E-state index in [9.17, 15) is 22.9 Å². The third-order valence-electron chi connectivity index (χ3n) is 1.80. The molecule has 0 saturated carbocycles. The van der Waals surface area contributed by atoms with Crippen LogP contribution < -0.4 is 0 Å². The Morgan fingerprint density at radius 2 is 2.06 bits per heavy atom. The van der Waals surface area contributed by atoms with E-state index in [0.29, 0.717) is 6.07 Å². The second-order valence-electron chi connectivity index (χ2n) is 2.88. The first-order valence-corrected chi connectivity index (χ1v) is 6.30. The fraction of sp³-hybridized carbons (Fsp3) is 0.250. The number of nitro benzene ring substituents is 1. The molecule has 0 aliphatic carbocycles. The van der Waals surface area contributed by atoms with Crippen molar-refractivity contribution in [3.05, 3.63) is 34.1 Å². The summed E-state index contributed by atoms with van der Waals surface area (Å²) in [5, 5.41) is 10.6. The highest BCUT2D eigenvalue weighted by Crippen LogP contribution is 2.25. The molecule has 0 radical (unpaired) electrons. The van der Waals surface area contributed by atoms with Crippen molar-refractivity contribution in [3.63, 3.8) is 0 Å². The van der Waals surface area contributed by atoms with Gasteiger partial charge in [-0.3, -0.25) is 10.1 Å². The van der Waals surface area contributed by atoms with Crippen molar-refractivity contribution < 1.29 is 17.7 Å². The molecule has 0 aromatic heterocycles. The summed E-state index contributed by atoms with van der Waals surface area (Å²) in [6.45, 7) is 0. The Kier molecular flexibility index (Phi) is 3.82. The second-order valence-corrected chi connectivity index (χ2v) is 5.33. The Bertz CT molecular complexity index is 517. The molecule has 0 heterocycles. The summed E-state index contributed by atoms with van der Waals surface area (Å²) in [5.74, 6) is -1.53. The summed E-state index contributed by atoms with van der Waals surface area (Å²) < 4.78 is 36.0. The largest absolute Gasteiger partial charge is 0.288 e. The van der Waals surface area contributed by atoms with Crippen LogP contribution in [0.15, 0.2) is 23.1 Å². The van der Waals surface area contributed by atoms with E-state index in [4.69, 9.17) is 11.6 Å². The molecule has 5 nitrogen and oxygen atoms in total. The van der Waals surface area contributed by atoms with Gasteiger partial charge in [0.15, 0.2) is 9.84 Å². The lowest BCUT2D eigenvalue weighted by Gasteiger charge is -2.03. The number of sulfone groups is 1. The number of halogens is 2. The average molecular weight is 268 g/mol. The molecule has 0 N–H and O–H groups in total. The summed E-state index contributed by atoms with van der Waals surface area (Å²) in [4.78, 5) is 9.05. The predicted octanol–water partition coefficient (Wildman–Crippen LogP) is 1.75. The molecular formula is C8H7ClFNO4S. The number of nitrogens with zero attached hydrogens (tertiary/aromatic N) is 1. The van der Waals surface area contributed by atoms with E-state index >= 15 is 0 Å². The lowest BCUT2D eigenvalue weighted by Crippen LogP contribution is -2.10. The number of alkyl halides is 1. The minimum absolute atomic E-state index is 0.212. The van der Waals surface area contributed by atoms with Crippen LogP contribution in [0.1, 0.15) is 0 Å². The molecule has 0 amide bonds. The Hall–Kier alpha value is -1.21. The third kappa shape index (κ3) is 2.67. The molecule has 0 fully saturated rings. The van der Waals surface area contributed by atoms with Crippen LogP contribution in [0.25, 0.3) is 0 Å². The molecule has 0 atom stereocenters. The van der Waals surface area contributed by atoms with Gasteiger partial charge in [0, 0.05) is 11.9 Å². The van der Waals surface area contributed by atoms with Gasteiger partial charge in [-0.2, -0.15) is 0 Å². The first-order valence-electron chi connectivity index (χ1n) is 4.11. The number of benzene rings is 1. The highest BCUT2D eigenvalue weighted by molar-refractivity contribution is 7.91. The van der Waals surface area contributed by atoms with Crippen molar-refractivity contribution in [2.75, 3.05) is 11.6 Å². The van der Waals surface area contributed by atoms with Crippen molar-refractivity contribution >= 4 is 27.1 Å². The fourth-order valence-electron chi connectivity index (χ4n) is 1.10. The minimum atomic E-state index is -3.92. The SMILES string of the molecule is O=[N+]([O-])c1ccc(F)cc1S(=O)(=O)CCCl. The first-order chi connectivity index (χ1) is 7.38. The zero-order valence-electron chi connectivity index (χ0n) is 7.89. The number of hydrogen-bond acceptors (Lipinski definition) is 4. The van der Waals surface area contributed by atoms with E-state index in [1.54, 1.807) is 0 Å². The van der Waals surface area contributed by atoms with Gasteiger partial charge in [-0.05, 0) is 12.1 Å². The first kappa shape index (κ1) is 12.9. The maximum Gasteiger partial charge on any atom is 0.288 e. The highest BCUT2D eigenvalue weighted by Gasteiger charge is 2.25. The molecule has 0 aliphatic heterocycles. The van der Waals surface area contributed by atoms with Gasteiger partial charge in [0.25, 0.3) is 5.69 Å². The van der Waals surface area contributed by atoms with E-state index in [2.05, 4.69) is 0 Å². The molecule has 8 heteroatoms. The van der Waals surface area contributed by atoms with Crippen LogP contribution in [0.3, 0.4) is 0 Å². The van der Waals surface area contributed by atoms with E-state index in [0.717, 1.165) is 12.1 Å². The van der Waals surface area contributed by atoms with Gasteiger partial charge in [0.05, 0.1) is 10.7 Å².